The van der Waals surface area contributed by atoms with Crippen molar-refractivity contribution in [1.29, 1.82) is 0 Å². The van der Waals surface area contributed by atoms with Gasteiger partial charge in [-0.05, 0) is 11.0 Å². The van der Waals surface area contributed by atoms with Gasteiger partial charge in [-0.15, -0.1) is 0 Å². The number of rotatable bonds is 4. The average Bonchev–Trinajstić information content (AvgIpc) is 2.45. The van der Waals surface area contributed by atoms with Crippen LogP contribution in [0.25, 0.3) is 0 Å². The van der Waals surface area contributed by atoms with E-state index in [1.54, 1.807) is 0 Å². The number of carbonyl (C=O) groups is 1. The van der Waals surface area contributed by atoms with Crippen LogP contribution in [0.2, 0.25) is 0 Å². The molecule has 1 amide bonds. The van der Waals surface area contributed by atoms with Gasteiger partial charge in [0, 0.05) is 13.1 Å². The summed E-state index contributed by atoms with van der Waals surface area (Å²) in [5.74, 6) is 0.0486. The summed E-state index contributed by atoms with van der Waals surface area (Å²) < 4.78 is 5.60. The normalized spacial score (nSPS) is 20.8. The highest BCUT2D eigenvalue weighted by molar-refractivity contribution is 5.77. The van der Waals surface area contributed by atoms with E-state index in [1.807, 2.05) is 18.2 Å². The van der Waals surface area contributed by atoms with Crippen molar-refractivity contribution in [1.82, 2.24) is 10.6 Å². The molecular formula is C17H26N2O2. The molecule has 2 rings (SSSR count). The van der Waals surface area contributed by atoms with E-state index >= 15 is 0 Å². The van der Waals surface area contributed by atoms with E-state index in [2.05, 4.69) is 43.5 Å². The van der Waals surface area contributed by atoms with Gasteiger partial charge < -0.3 is 15.4 Å². The largest absolute Gasteiger partial charge is 0.375 e. The van der Waals surface area contributed by atoms with Crippen LogP contribution >= 0.6 is 0 Å². The Labute approximate surface area is 127 Å². The lowest BCUT2D eigenvalue weighted by Crippen LogP contribution is -2.43. The van der Waals surface area contributed by atoms with Crippen molar-refractivity contribution in [2.24, 2.45) is 5.41 Å². The van der Waals surface area contributed by atoms with Gasteiger partial charge in [0.2, 0.25) is 5.91 Å². The number of hydrogen-bond acceptors (Lipinski definition) is 3. The Balaban J connectivity index is 2.00. The first-order valence-electron chi connectivity index (χ1n) is 7.63. The van der Waals surface area contributed by atoms with Crippen molar-refractivity contribution in [3.8, 4) is 0 Å². The maximum atomic E-state index is 12.3. The highest BCUT2D eigenvalue weighted by Crippen LogP contribution is 2.32. The Morgan fingerprint density at radius 1 is 1.38 bits per heavy atom. The zero-order valence-corrected chi connectivity index (χ0v) is 13.2. The van der Waals surface area contributed by atoms with Crippen LogP contribution in [0, 0.1) is 5.41 Å². The predicted octanol–water partition coefficient (Wildman–Crippen LogP) is 2.27. The standard InChI is InChI=1S/C17H26N2O2/c1-17(2,3)16(13-7-5-4-6-8-13)19-15(20)11-14-12-18-9-10-21-14/h4-8,14,16,18H,9-12H2,1-3H3,(H,19,20). The van der Waals surface area contributed by atoms with Crippen LogP contribution in [-0.4, -0.2) is 31.7 Å². The molecule has 1 fully saturated rings. The quantitative estimate of drug-likeness (QED) is 0.894. The van der Waals surface area contributed by atoms with Crippen LogP contribution in [0.4, 0.5) is 0 Å². The second-order valence-corrected chi connectivity index (χ2v) is 6.68. The number of nitrogens with one attached hydrogen (secondary N) is 2. The van der Waals surface area contributed by atoms with Gasteiger partial charge in [-0.2, -0.15) is 0 Å². The molecule has 2 atom stereocenters. The van der Waals surface area contributed by atoms with Crippen LogP contribution in [0.1, 0.15) is 38.8 Å². The van der Waals surface area contributed by atoms with E-state index in [9.17, 15) is 4.79 Å². The summed E-state index contributed by atoms with van der Waals surface area (Å²) in [4.78, 5) is 12.3. The molecule has 1 aromatic rings. The van der Waals surface area contributed by atoms with Crippen molar-refractivity contribution in [2.45, 2.75) is 39.3 Å². The smallest absolute Gasteiger partial charge is 0.223 e. The van der Waals surface area contributed by atoms with Crippen LogP contribution in [0.3, 0.4) is 0 Å². The average molecular weight is 290 g/mol. The molecule has 1 aliphatic heterocycles. The molecule has 0 spiro atoms. The second kappa shape index (κ2) is 7.05. The molecule has 1 heterocycles. The molecule has 0 aliphatic carbocycles. The minimum absolute atomic E-state index is 0.00255. The predicted molar refractivity (Wildman–Crippen MR) is 84.0 cm³/mol. The van der Waals surface area contributed by atoms with E-state index in [0.717, 1.165) is 18.7 Å². The molecule has 0 radical (unpaired) electrons. The van der Waals surface area contributed by atoms with Crippen LogP contribution in [-0.2, 0) is 9.53 Å². The molecule has 116 valence electrons. The Morgan fingerprint density at radius 2 is 2.10 bits per heavy atom. The van der Waals surface area contributed by atoms with Gasteiger partial charge in [0.1, 0.15) is 0 Å². The fraction of sp³-hybridized carbons (Fsp3) is 0.588. The Hall–Kier alpha value is -1.39. The Bertz CT molecular complexity index is 448. The number of benzene rings is 1. The molecule has 0 saturated carbocycles. The van der Waals surface area contributed by atoms with Crippen molar-refractivity contribution in [3.63, 3.8) is 0 Å². The van der Waals surface area contributed by atoms with Gasteiger partial charge in [-0.3, -0.25) is 4.79 Å². The van der Waals surface area contributed by atoms with Crippen molar-refractivity contribution in [3.05, 3.63) is 35.9 Å². The number of hydrogen-bond donors (Lipinski definition) is 2. The molecule has 21 heavy (non-hydrogen) atoms. The van der Waals surface area contributed by atoms with Crippen molar-refractivity contribution in [2.75, 3.05) is 19.7 Å². The van der Waals surface area contributed by atoms with E-state index in [1.165, 1.54) is 0 Å². The van der Waals surface area contributed by atoms with E-state index in [4.69, 9.17) is 4.74 Å². The third-order valence-corrected chi connectivity index (χ3v) is 3.72. The number of amides is 1. The molecule has 0 aromatic heterocycles. The summed E-state index contributed by atoms with van der Waals surface area (Å²) in [7, 11) is 0. The summed E-state index contributed by atoms with van der Waals surface area (Å²) >= 11 is 0. The molecule has 1 aliphatic rings. The van der Waals surface area contributed by atoms with Crippen LogP contribution in [0.15, 0.2) is 30.3 Å². The highest BCUT2D eigenvalue weighted by atomic mass is 16.5. The second-order valence-electron chi connectivity index (χ2n) is 6.68. The fourth-order valence-electron chi connectivity index (χ4n) is 2.62. The van der Waals surface area contributed by atoms with Gasteiger partial charge in [0.05, 0.1) is 25.2 Å². The monoisotopic (exact) mass is 290 g/mol. The van der Waals surface area contributed by atoms with Crippen LogP contribution in [0.5, 0.6) is 0 Å². The van der Waals surface area contributed by atoms with E-state index in [-0.39, 0.29) is 23.5 Å². The molecule has 0 bridgehead atoms. The van der Waals surface area contributed by atoms with Crippen molar-refractivity contribution >= 4 is 5.91 Å². The van der Waals surface area contributed by atoms with Gasteiger partial charge in [0.15, 0.2) is 0 Å². The maximum Gasteiger partial charge on any atom is 0.223 e. The number of morpholine rings is 1. The topological polar surface area (TPSA) is 50.4 Å². The molecule has 1 aromatic carbocycles. The SMILES string of the molecule is CC(C)(C)C(NC(=O)CC1CNCCO1)c1ccccc1. The molecule has 4 heteroatoms. The minimum Gasteiger partial charge on any atom is -0.375 e. The molecule has 1 saturated heterocycles. The van der Waals surface area contributed by atoms with Gasteiger partial charge in [-0.1, -0.05) is 51.1 Å². The minimum atomic E-state index is -0.0390. The molecule has 2 unspecified atom stereocenters. The highest BCUT2D eigenvalue weighted by Gasteiger charge is 2.28. The third kappa shape index (κ3) is 4.83. The van der Waals surface area contributed by atoms with Gasteiger partial charge >= 0.3 is 0 Å². The molecule has 4 nitrogen and oxygen atoms in total. The summed E-state index contributed by atoms with van der Waals surface area (Å²) in [5.41, 5.74) is 1.10. The Kier molecular flexibility index (Phi) is 5.37. The first-order valence-corrected chi connectivity index (χ1v) is 7.63. The van der Waals surface area contributed by atoms with Gasteiger partial charge in [-0.25, -0.2) is 0 Å². The molecular weight excluding hydrogens is 264 g/mol. The van der Waals surface area contributed by atoms with Crippen molar-refractivity contribution < 1.29 is 9.53 Å². The zero-order valence-electron chi connectivity index (χ0n) is 13.2. The van der Waals surface area contributed by atoms with Crippen LogP contribution < -0.4 is 10.6 Å². The van der Waals surface area contributed by atoms with E-state index in [0.29, 0.717) is 13.0 Å². The first-order chi connectivity index (χ1) is 9.97. The van der Waals surface area contributed by atoms with E-state index < -0.39 is 0 Å². The lowest BCUT2D eigenvalue weighted by Gasteiger charge is -2.33. The fourth-order valence-corrected chi connectivity index (χ4v) is 2.62. The zero-order chi connectivity index (χ0) is 15.3. The third-order valence-electron chi connectivity index (χ3n) is 3.72. The lowest BCUT2D eigenvalue weighted by molar-refractivity contribution is -0.126. The maximum absolute atomic E-state index is 12.3. The number of ether oxygens (including phenoxy) is 1. The first kappa shape index (κ1) is 16.0. The Morgan fingerprint density at radius 3 is 2.67 bits per heavy atom. The molecule has 2 N–H and O–H groups in total. The summed E-state index contributed by atoms with van der Waals surface area (Å²) in [6, 6.07) is 10.1. The summed E-state index contributed by atoms with van der Waals surface area (Å²) in [5, 5.41) is 6.42. The van der Waals surface area contributed by atoms with Gasteiger partial charge in [0.25, 0.3) is 0 Å². The number of carbonyl (C=O) groups excluding carboxylic acids is 1. The lowest BCUT2D eigenvalue weighted by atomic mass is 9.82. The summed E-state index contributed by atoms with van der Waals surface area (Å²) in [6.07, 6.45) is 0.391. The summed E-state index contributed by atoms with van der Waals surface area (Å²) in [6.45, 7) is 8.72.